The highest BCUT2D eigenvalue weighted by atomic mass is 16.2. The summed E-state index contributed by atoms with van der Waals surface area (Å²) in [6.45, 7) is 3.91. The van der Waals surface area contributed by atoms with Crippen molar-refractivity contribution in [1.29, 1.82) is 0 Å². The lowest BCUT2D eigenvalue weighted by atomic mass is 9.95. The van der Waals surface area contributed by atoms with Gasteiger partial charge in [0.05, 0.1) is 0 Å². The van der Waals surface area contributed by atoms with E-state index in [4.69, 9.17) is 5.84 Å². The molecule has 2 aromatic carbocycles. The Morgan fingerprint density at radius 2 is 1.64 bits per heavy atom. The maximum atomic E-state index is 12.9. The second-order valence-electron chi connectivity index (χ2n) is 5.17. The predicted molar refractivity (Wildman–Crippen MR) is 87.6 cm³/mol. The average molecular weight is 296 g/mol. The van der Waals surface area contributed by atoms with Crippen LogP contribution in [-0.4, -0.2) is 13.0 Å². The Morgan fingerprint density at radius 3 is 2.18 bits per heavy atom. The van der Waals surface area contributed by atoms with Gasteiger partial charge in [-0.15, -0.1) is 0 Å². The predicted octanol–water partition coefficient (Wildman–Crippen LogP) is 3.33. The molecule has 22 heavy (non-hydrogen) atoms. The lowest BCUT2D eigenvalue weighted by Gasteiger charge is -2.23. The fraction of sp³-hybridized carbons (Fsp3) is 0.235. The number of rotatable bonds is 4. The number of nitrogens with two attached hydrogens (primary N) is 1. The van der Waals surface area contributed by atoms with E-state index >= 15 is 0 Å². The first kappa shape index (κ1) is 15.7. The van der Waals surface area contributed by atoms with Gasteiger partial charge in [-0.3, -0.25) is 4.79 Å². The van der Waals surface area contributed by atoms with Crippen LogP contribution < -0.4 is 10.7 Å². The zero-order valence-electron chi connectivity index (χ0n) is 13.0. The van der Waals surface area contributed by atoms with Gasteiger partial charge in [0.15, 0.2) is 6.04 Å². The Bertz CT molecular complexity index is 662. The minimum atomic E-state index is -0.739. The third-order valence-corrected chi connectivity index (χ3v) is 3.71. The number of hydrogen-bond donors (Lipinski definition) is 1. The van der Waals surface area contributed by atoms with Gasteiger partial charge >= 0.3 is 0 Å². The molecule has 0 aliphatic heterocycles. The van der Waals surface area contributed by atoms with Gasteiger partial charge in [0, 0.05) is 12.7 Å². The Kier molecular flexibility index (Phi) is 4.88. The van der Waals surface area contributed by atoms with Crippen LogP contribution in [0.4, 0.5) is 5.69 Å². The van der Waals surface area contributed by atoms with Gasteiger partial charge in [-0.25, -0.2) is 0 Å². The molecule has 0 saturated carbocycles. The van der Waals surface area contributed by atoms with Crippen LogP contribution >= 0.6 is 0 Å². The van der Waals surface area contributed by atoms with Gasteiger partial charge in [0.2, 0.25) is 0 Å². The van der Waals surface area contributed by atoms with E-state index in [-0.39, 0.29) is 5.91 Å². The summed E-state index contributed by atoms with van der Waals surface area (Å²) in [7, 11) is 1.73. The number of benzene rings is 2. The molecule has 1 unspecified atom stereocenters. The summed E-state index contributed by atoms with van der Waals surface area (Å²) < 4.78 is 0. The first-order valence-electron chi connectivity index (χ1n) is 7.05. The Labute approximate surface area is 130 Å². The summed E-state index contributed by atoms with van der Waals surface area (Å²) in [6, 6.07) is 14.6. The second-order valence-corrected chi connectivity index (χ2v) is 5.17. The number of anilines is 1. The maximum absolute atomic E-state index is 12.9. The number of hydrogen-bond acceptors (Lipinski definition) is 3. The monoisotopic (exact) mass is 296 g/mol. The molecule has 1 amide bonds. The summed E-state index contributed by atoms with van der Waals surface area (Å²) in [4.78, 5) is 14.4. The van der Waals surface area contributed by atoms with Gasteiger partial charge < -0.3 is 10.7 Å². The maximum Gasteiger partial charge on any atom is 0.258 e. The second kappa shape index (κ2) is 6.85. The van der Waals surface area contributed by atoms with Crippen molar-refractivity contribution in [2.45, 2.75) is 19.9 Å². The SMILES string of the molecule is Cc1cccc(C)c1C(N=NN)C(=O)N(C)c1ccccc1. The van der Waals surface area contributed by atoms with E-state index < -0.39 is 6.04 Å². The number of carbonyl (C=O) groups excluding carboxylic acids is 1. The van der Waals surface area contributed by atoms with Crippen molar-refractivity contribution in [3.63, 3.8) is 0 Å². The van der Waals surface area contributed by atoms with Gasteiger partial charge in [0.25, 0.3) is 5.91 Å². The molecule has 2 aromatic rings. The molecule has 2 N–H and O–H groups in total. The lowest BCUT2D eigenvalue weighted by Crippen LogP contribution is -2.31. The number of amides is 1. The molecule has 5 heteroatoms. The highest BCUT2D eigenvalue weighted by Crippen LogP contribution is 2.28. The zero-order valence-corrected chi connectivity index (χ0v) is 13.0. The van der Waals surface area contributed by atoms with Crippen LogP contribution in [0.3, 0.4) is 0 Å². The van der Waals surface area contributed by atoms with Gasteiger partial charge in [-0.2, -0.15) is 5.11 Å². The molecule has 0 bridgehead atoms. The summed E-state index contributed by atoms with van der Waals surface area (Å²) in [5.41, 5.74) is 3.64. The molecule has 0 aliphatic carbocycles. The molecule has 0 heterocycles. The molecule has 0 aliphatic rings. The summed E-state index contributed by atoms with van der Waals surface area (Å²) in [6.07, 6.45) is 0. The molecule has 0 aromatic heterocycles. The minimum Gasteiger partial charge on any atom is -0.313 e. The third kappa shape index (κ3) is 3.14. The largest absolute Gasteiger partial charge is 0.313 e. The van der Waals surface area contributed by atoms with E-state index in [9.17, 15) is 4.79 Å². The van der Waals surface area contributed by atoms with Crippen LogP contribution in [0.1, 0.15) is 22.7 Å². The Balaban J connectivity index is 2.42. The average Bonchev–Trinajstić information content (AvgIpc) is 2.53. The molecule has 1 atom stereocenters. The van der Waals surface area contributed by atoms with Crippen LogP contribution in [0.15, 0.2) is 58.9 Å². The zero-order chi connectivity index (χ0) is 16.1. The van der Waals surface area contributed by atoms with Crippen molar-refractivity contribution in [2.75, 3.05) is 11.9 Å². The Morgan fingerprint density at radius 1 is 1.05 bits per heavy atom. The van der Waals surface area contributed by atoms with E-state index in [1.54, 1.807) is 11.9 Å². The number of carbonyl (C=O) groups is 1. The van der Waals surface area contributed by atoms with Crippen LogP contribution in [0.2, 0.25) is 0 Å². The van der Waals surface area contributed by atoms with Crippen molar-refractivity contribution in [2.24, 2.45) is 16.2 Å². The molecule has 5 nitrogen and oxygen atoms in total. The summed E-state index contributed by atoms with van der Waals surface area (Å²) >= 11 is 0. The van der Waals surface area contributed by atoms with Gasteiger partial charge in [0.1, 0.15) is 0 Å². The first-order valence-corrected chi connectivity index (χ1v) is 7.05. The van der Waals surface area contributed by atoms with Crippen molar-refractivity contribution in [1.82, 2.24) is 0 Å². The molecule has 0 fully saturated rings. The summed E-state index contributed by atoms with van der Waals surface area (Å²) in [5, 5.41) is 7.34. The van der Waals surface area contributed by atoms with Crippen LogP contribution in [-0.2, 0) is 4.79 Å². The molecular formula is C17H20N4O. The number of para-hydroxylation sites is 1. The van der Waals surface area contributed by atoms with Crippen molar-refractivity contribution in [3.05, 3.63) is 65.2 Å². The van der Waals surface area contributed by atoms with E-state index in [1.165, 1.54) is 0 Å². The van der Waals surface area contributed by atoms with E-state index in [1.807, 2.05) is 62.4 Å². The molecule has 114 valence electrons. The van der Waals surface area contributed by atoms with Crippen molar-refractivity contribution >= 4 is 11.6 Å². The van der Waals surface area contributed by atoms with Crippen molar-refractivity contribution in [3.8, 4) is 0 Å². The quantitative estimate of drug-likeness (QED) is 0.534. The number of likely N-dealkylation sites (N-methyl/N-ethyl adjacent to an activating group) is 1. The topological polar surface area (TPSA) is 71.0 Å². The van der Waals surface area contributed by atoms with Crippen LogP contribution in [0, 0.1) is 13.8 Å². The normalized spacial score (nSPS) is 12.3. The third-order valence-electron chi connectivity index (χ3n) is 3.71. The molecule has 0 saturated heterocycles. The molecule has 0 radical (unpaired) electrons. The van der Waals surface area contributed by atoms with E-state index in [0.29, 0.717) is 0 Å². The molecule has 2 rings (SSSR count). The molecule has 0 spiro atoms. The fourth-order valence-electron chi connectivity index (χ4n) is 2.52. The minimum absolute atomic E-state index is 0.169. The standard InChI is InChI=1S/C17H20N4O/c1-12-8-7-9-13(2)15(12)16(19-20-18)17(22)21(3)14-10-5-4-6-11-14/h4-11,16H,1-3H3,(H2,18,19). The first-order chi connectivity index (χ1) is 10.6. The van der Waals surface area contributed by atoms with Crippen LogP contribution in [0.5, 0.6) is 0 Å². The number of aryl methyl sites for hydroxylation is 2. The van der Waals surface area contributed by atoms with Crippen molar-refractivity contribution < 1.29 is 4.79 Å². The summed E-state index contributed by atoms with van der Waals surface area (Å²) in [5.74, 6) is 5.06. The highest BCUT2D eigenvalue weighted by Gasteiger charge is 2.27. The van der Waals surface area contributed by atoms with Gasteiger partial charge in [-0.1, -0.05) is 41.6 Å². The lowest BCUT2D eigenvalue weighted by molar-refractivity contribution is -0.119. The number of nitrogens with zero attached hydrogens (tertiary/aromatic N) is 3. The highest BCUT2D eigenvalue weighted by molar-refractivity contribution is 5.97. The Hall–Kier alpha value is -2.69. The van der Waals surface area contributed by atoms with E-state index in [2.05, 4.69) is 10.3 Å². The van der Waals surface area contributed by atoms with E-state index in [0.717, 1.165) is 22.4 Å². The smallest absolute Gasteiger partial charge is 0.258 e. The molecular weight excluding hydrogens is 276 g/mol. The van der Waals surface area contributed by atoms with Gasteiger partial charge in [-0.05, 0) is 42.7 Å². The fourth-order valence-corrected chi connectivity index (χ4v) is 2.52. The van der Waals surface area contributed by atoms with Crippen LogP contribution in [0.25, 0.3) is 0 Å².